The average molecular weight is 497 g/mol. The summed E-state index contributed by atoms with van der Waals surface area (Å²) in [5, 5.41) is 6.52. The molecule has 184 valence electrons. The van der Waals surface area contributed by atoms with Gasteiger partial charge in [-0.1, -0.05) is 6.07 Å². The zero-order valence-corrected chi connectivity index (χ0v) is 20.0. The topological polar surface area (TPSA) is 168 Å². The minimum absolute atomic E-state index is 0.123. The van der Waals surface area contributed by atoms with E-state index in [2.05, 4.69) is 30.2 Å². The summed E-state index contributed by atoms with van der Waals surface area (Å²) < 4.78 is 26.5. The van der Waals surface area contributed by atoms with Gasteiger partial charge in [-0.25, -0.2) is 23.1 Å². The molecule has 0 atom stereocenters. The molecule has 2 aromatic heterocycles. The number of piperidine rings is 1. The third-order valence-electron chi connectivity index (χ3n) is 5.80. The van der Waals surface area contributed by atoms with Crippen LogP contribution in [0, 0.1) is 0 Å². The Morgan fingerprint density at radius 2 is 1.86 bits per heavy atom. The van der Waals surface area contributed by atoms with Crippen LogP contribution >= 0.6 is 0 Å². The van der Waals surface area contributed by atoms with Crippen LogP contribution in [-0.4, -0.2) is 50.5 Å². The molecule has 0 aliphatic carbocycles. The molecule has 7 N–H and O–H groups in total. The number of nitrogens with zero attached hydrogens (tertiary/aromatic N) is 3. The Kier molecular flexibility index (Phi) is 7.03. The molecule has 35 heavy (non-hydrogen) atoms. The highest BCUT2D eigenvalue weighted by atomic mass is 32.2. The van der Waals surface area contributed by atoms with Crippen LogP contribution in [0.1, 0.15) is 23.2 Å². The molecule has 0 bridgehead atoms. The number of hydrogen-bond acceptors (Lipinski definition) is 9. The van der Waals surface area contributed by atoms with Gasteiger partial charge in [-0.2, -0.15) is 0 Å². The van der Waals surface area contributed by atoms with Crippen molar-refractivity contribution in [3.63, 3.8) is 0 Å². The summed E-state index contributed by atoms with van der Waals surface area (Å²) in [7, 11) is -2.23. The number of amides is 1. The summed E-state index contributed by atoms with van der Waals surface area (Å²) in [6.07, 6.45) is 4.72. The average Bonchev–Trinajstić information content (AvgIpc) is 2.85. The van der Waals surface area contributed by atoms with Gasteiger partial charge in [0, 0.05) is 37.1 Å². The first kappa shape index (κ1) is 24.2. The normalized spacial score (nSPS) is 14.5. The SMILES string of the molecule is CNS(=O)(=O)c1cccc(Nc2cc(NC3CCN(c4ccc(N)cn4)CC3)c(C(N)=O)cn2)c1. The van der Waals surface area contributed by atoms with Crippen molar-refractivity contribution in [2.75, 3.05) is 41.4 Å². The minimum atomic E-state index is -3.58. The Morgan fingerprint density at radius 1 is 1.09 bits per heavy atom. The van der Waals surface area contributed by atoms with E-state index in [1.54, 1.807) is 24.4 Å². The van der Waals surface area contributed by atoms with Crippen molar-refractivity contribution in [2.45, 2.75) is 23.8 Å². The van der Waals surface area contributed by atoms with Crippen molar-refractivity contribution in [1.29, 1.82) is 0 Å². The lowest BCUT2D eigenvalue weighted by molar-refractivity contribution is 0.100. The van der Waals surface area contributed by atoms with Crippen LogP contribution in [0.3, 0.4) is 0 Å². The first-order valence-corrected chi connectivity index (χ1v) is 12.6. The Labute approximate surface area is 204 Å². The van der Waals surface area contributed by atoms with Gasteiger partial charge in [0.2, 0.25) is 10.0 Å². The second-order valence-corrected chi connectivity index (χ2v) is 10.1. The second kappa shape index (κ2) is 10.2. The molecule has 11 nitrogen and oxygen atoms in total. The van der Waals surface area contributed by atoms with E-state index in [0.717, 1.165) is 31.7 Å². The van der Waals surface area contributed by atoms with E-state index in [1.165, 1.54) is 25.4 Å². The van der Waals surface area contributed by atoms with Crippen LogP contribution in [0.5, 0.6) is 0 Å². The molecule has 1 aromatic carbocycles. The number of anilines is 5. The predicted octanol–water partition coefficient (Wildman–Crippen LogP) is 1.89. The van der Waals surface area contributed by atoms with Crippen LogP contribution < -0.4 is 31.7 Å². The van der Waals surface area contributed by atoms with Crippen LogP contribution in [0.25, 0.3) is 0 Å². The highest BCUT2D eigenvalue weighted by Crippen LogP contribution is 2.26. The van der Waals surface area contributed by atoms with E-state index in [9.17, 15) is 13.2 Å². The summed E-state index contributed by atoms with van der Waals surface area (Å²) in [5.41, 5.74) is 13.3. The minimum Gasteiger partial charge on any atom is -0.397 e. The number of nitrogens with two attached hydrogens (primary N) is 2. The number of nitrogen functional groups attached to an aromatic ring is 1. The van der Waals surface area contributed by atoms with Gasteiger partial charge in [-0.05, 0) is 50.2 Å². The van der Waals surface area contributed by atoms with E-state index < -0.39 is 15.9 Å². The number of aromatic nitrogens is 2. The number of primary amides is 1. The summed E-state index contributed by atoms with van der Waals surface area (Å²) >= 11 is 0. The van der Waals surface area contributed by atoms with Crippen LogP contribution in [0.15, 0.2) is 59.8 Å². The Balaban J connectivity index is 1.48. The van der Waals surface area contributed by atoms with Gasteiger partial charge in [0.1, 0.15) is 11.6 Å². The maximum absolute atomic E-state index is 12.1. The molecule has 0 saturated carbocycles. The number of carbonyl (C=O) groups excluding carboxylic acids is 1. The molecule has 0 unspecified atom stereocenters. The number of carbonyl (C=O) groups is 1. The van der Waals surface area contributed by atoms with Crippen LogP contribution in [-0.2, 0) is 10.0 Å². The lowest BCUT2D eigenvalue weighted by Crippen LogP contribution is -2.39. The third-order valence-corrected chi connectivity index (χ3v) is 7.22. The summed E-state index contributed by atoms with van der Waals surface area (Å²) in [4.78, 5) is 23.0. The molecule has 1 aliphatic rings. The van der Waals surface area contributed by atoms with E-state index in [4.69, 9.17) is 11.5 Å². The fourth-order valence-corrected chi connectivity index (χ4v) is 4.68. The molecule has 1 saturated heterocycles. The van der Waals surface area contributed by atoms with Crippen molar-refractivity contribution >= 4 is 44.6 Å². The fourth-order valence-electron chi connectivity index (χ4n) is 3.90. The molecule has 1 fully saturated rings. The van der Waals surface area contributed by atoms with Gasteiger partial charge in [0.15, 0.2) is 0 Å². The van der Waals surface area contributed by atoms with Crippen molar-refractivity contribution in [2.24, 2.45) is 5.73 Å². The number of benzene rings is 1. The molecule has 1 amide bonds. The number of rotatable bonds is 8. The van der Waals surface area contributed by atoms with Crippen molar-refractivity contribution in [3.8, 4) is 0 Å². The van der Waals surface area contributed by atoms with Crippen molar-refractivity contribution in [1.82, 2.24) is 14.7 Å². The Bertz CT molecular complexity index is 1310. The maximum Gasteiger partial charge on any atom is 0.252 e. The van der Waals surface area contributed by atoms with Gasteiger partial charge in [-0.15, -0.1) is 0 Å². The Hall–Kier alpha value is -3.90. The molecule has 3 aromatic rings. The summed E-state index contributed by atoms with van der Waals surface area (Å²) in [6, 6.07) is 11.9. The van der Waals surface area contributed by atoms with E-state index in [0.29, 0.717) is 22.9 Å². The second-order valence-electron chi connectivity index (χ2n) is 8.20. The van der Waals surface area contributed by atoms with Crippen LogP contribution in [0.4, 0.5) is 28.7 Å². The van der Waals surface area contributed by atoms with Crippen molar-refractivity contribution < 1.29 is 13.2 Å². The fraction of sp³-hybridized carbons (Fsp3) is 0.261. The van der Waals surface area contributed by atoms with Gasteiger partial charge < -0.3 is 27.0 Å². The number of sulfonamides is 1. The molecule has 0 spiro atoms. The number of nitrogens with one attached hydrogen (secondary N) is 3. The van der Waals surface area contributed by atoms with Gasteiger partial charge in [0.05, 0.1) is 28.0 Å². The smallest absolute Gasteiger partial charge is 0.252 e. The molecule has 3 heterocycles. The highest BCUT2D eigenvalue weighted by Gasteiger charge is 2.22. The quantitative estimate of drug-likeness (QED) is 0.313. The molecular formula is C23H28N8O3S. The molecule has 1 aliphatic heterocycles. The largest absolute Gasteiger partial charge is 0.397 e. The summed E-state index contributed by atoms with van der Waals surface area (Å²) in [5.74, 6) is 0.741. The van der Waals surface area contributed by atoms with E-state index >= 15 is 0 Å². The molecule has 12 heteroatoms. The van der Waals surface area contributed by atoms with Gasteiger partial charge in [-0.3, -0.25) is 4.79 Å². The first-order chi connectivity index (χ1) is 16.7. The van der Waals surface area contributed by atoms with E-state index in [-0.39, 0.29) is 16.5 Å². The lowest BCUT2D eigenvalue weighted by atomic mass is 10.0. The van der Waals surface area contributed by atoms with E-state index in [1.807, 2.05) is 12.1 Å². The number of hydrogen-bond donors (Lipinski definition) is 5. The number of pyridine rings is 2. The van der Waals surface area contributed by atoms with Crippen LogP contribution in [0.2, 0.25) is 0 Å². The summed E-state index contributed by atoms with van der Waals surface area (Å²) in [6.45, 7) is 1.59. The van der Waals surface area contributed by atoms with Crippen molar-refractivity contribution in [3.05, 3.63) is 60.4 Å². The molecule has 0 radical (unpaired) electrons. The monoisotopic (exact) mass is 496 g/mol. The standard InChI is InChI=1S/C23H28N8O3S/c1-26-35(33,34)18-4-2-3-17(11-18)30-21-12-20(19(14-27-21)23(25)32)29-16-7-9-31(10-8-16)22-6-5-15(24)13-28-22/h2-6,11-14,16,26H,7-10,24H2,1H3,(H2,25,32)(H2,27,29,30). The predicted molar refractivity (Wildman–Crippen MR) is 136 cm³/mol. The molecule has 4 rings (SSSR count). The first-order valence-electron chi connectivity index (χ1n) is 11.1. The Morgan fingerprint density at radius 3 is 2.51 bits per heavy atom. The zero-order valence-electron chi connectivity index (χ0n) is 19.2. The highest BCUT2D eigenvalue weighted by molar-refractivity contribution is 7.89. The lowest BCUT2D eigenvalue weighted by Gasteiger charge is -2.34. The third kappa shape index (κ3) is 5.78. The van der Waals surface area contributed by atoms with Gasteiger partial charge in [0.25, 0.3) is 5.91 Å². The van der Waals surface area contributed by atoms with Gasteiger partial charge >= 0.3 is 0 Å². The zero-order chi connectivity index (χ0) is 25.0. The molecular weight excluding hydrogens is 468 g/mol. The maximum atomic E-state index is 12.1.